The Kier molecular flexibility index (Phi) is 3.06. The number of carbonyl (C=O) groups is 1. The second-order valence-corrected chi connectivity index (χ2v) is 4.66. The topological polar surface area (TPSA) is 46.3 Å². The van der Waals surface area contributed by atoms with Crippen LogP contribution in [0.15, 0.2) is 0 Å². The summed E-state index contributed by atoms with van der Waals surface area (Å²) in [4.78, 5) is 13.6. The van der Waals surface area contributed by atoms with Crippen LogP contribution in [0.3, 0.4) is 0 Å². The van der Waals surface area contributed by atoms with Crippen LogP contribution in [-0.2, 0) is 4.79 Å². The van der Waals surface area contributed by atoms with Gasteiger partial charge >= 0.3 is 0 Å². The number of amides is 1. The SMILES string of the molecule is NC1CCCN(CCC2CCC2)C1=O. The highest BCUT2D eigenvalue weighted by Crippen LogP contribution is 2.29. The molecule has 1 saturated heterocycles. The van der Waals surface area contributed by atoms with Crippen molar-refractivity contribution < 1.29 is 4.79 Å². The maximum atomic E-state index is 11.6. The number of piperidine rings is 1. The third kappa shape index (κ3) is 2.08. The molecule has 0 aromatic carbocycles. The Morgan fingerprint density at radius 3 is 2.71 bits per heavy atom. The van der Waals surface area contributed by atoms with E-state index in [1.165, 1.54) is 25.7 Å². The van der Waals surface area contributed by atoms with Gasteiger partial charge in [-0.05, 0) is 25.2 Å². The maximum Gasteiger partial charge on any atom is 0.239 e. The van der Waals surface area contributed by atoms with E-state index in [4.69, 9.17) is 5.73 Å². The van der Waals surface area contributed by atoms with E-state index in [-0.39, 0.29) is 11.9 Å². The first-order valence-electron chi connectivity index (χ1n) is 5.82. The van der Waals surface area contributed by atoms with E-state index in [0.29, 0.717) is 0 Å². The van der Waals surface area contributed by atoms with Crippen molar-refractivity contribution in [2.24, 2.45) is 11.7 Å². The average molecular weight is 196 g/mol. The number of nitrogens with zero attached hydrogens (tertiary/aromatic N) is 1. The summed E-state index contributed by atoms with van der Waals surface area (Å²) in [6, 6.07) is -0.217. The quantitative estimate of drug-likeness (QED) is 0.735. The molecule has 0 aromatic heterocycles. The van der Waals surface area contributed by atoms with Crippen molar-refractivity contribution in [1.82, 2.24) is 4.90 Å². The van der Waals surface area contributed by atoms with Crippen LogP contribution in [0, 0.1) is 5.92 Å². The highest BCUT2D eigenvalue weighted by atomic mass is 16.2. The van der Waals surface area contributed by atoms with Crippen LogP contribution in [0.4, 0.5) is 0 Å². The molecule has 2 N–H and O–H groups in total. The van der Waals surface area contributed by atoms with Gasteiger partial charge in [-0.15, -0.1) is 0 Å². The predicted octanol–water partition coefficient (Wildman–Crippen LogP) is 1.13. The van der Waals surface area contributed by atoms with Crippen molar-refractivity contribution in [2.45, 2.75) is 44.6 Å². The lowest BCUT2D eigenvalue weighted by Gasteiger charge is -2.33. The molecule has 3 nitrogen and oxygen atoms in total. The van der Waals surface area contributed by atoms with Gasteiger partial charge in [-0.3, -0.25) is 4.79 Å². The lowest BCUT2D eigenvalue weighted by Crippen LogP contribution is -2.48. The van der Waals surface area contributed by atoms with Crippen molar-refractivity contribution in [3.05, 3.63) is 0 Å². The third-order valence-electron chi connectivity index (χ3n) is 3.60. The number of likely N-dealkylation sites (tertiary alicyclic amines) is 1. The van der Waals surface area contributed by atoms with Crippen LogP contribution in [0.2, 0.25) is 0 Å². The molecule has 2 rings (SSSR count). The molecule has 1 aliphatic heterocycles. The minimum absolute atomic E-state index is 0.176. The van der Waals surface area contributed by atoms with Gasteiger partial charge in [0.15, 0.2) is 0 Å². The molecule has 1 amide bonds. The molecule has 80 valence electrons. The fourth-order valence-electron chi connectivity index (χ4n) is 2.31. The number of carbonyl (C=O) groups excluding carboxylic acids is 1. The summed E-state index contributed by atoms with van der Waals surface area (Å²) in [6.45, 7) is 1.87. The first-order valence-corrected chi connectivity index (χ1v) is 5.82. The van der Waals surface area contributed by atoms with E-state index in [0.717, 1.165) is 31.8 Å². The molecule has 1 saturated carbocycles. The van der Waals surface area contributed by atoms with Gasteiger partial charge in [0.05, 0.1) is 6.04 Å². The van der Waals surface area contributed by atoms with Crippen LogP contribution in [0.5, 0.6) is 0 Å². The first-order chi connectivity index (χ1) is 6.77. The third-order valence-corrected chi connectivity index (χ3v) is 3.60. The summed E-state index contributed by atoms with van der Waals surface area (Å²) in [5, 5.41) is 0. The molecular weight excluding hydrogens is 176 g/mol. The molecule has 2 fully saturated rings. The predicted molar refractivity (Wildman–Crippen MR) is 55.7 cm³/mol. The van der Waals surface area contributed by atoms with Crippen molar-refractivity contribution in [1.29, 1.82) is 0 Å². The highest BCUT2D eigenvalue weighted by molar-refractivity contribution is 5.82. The minimum atomic E-state index is -0.217. The zero-order valence-electron chi connectivity index (χ0n) is 8.74. The van der Waals surface area contributed by atoms with Crippen molar-refractivity contribution in [3.8, 4) is 0 Å². The molecule has 1 atom stereocenters. The van der Waals surface area contributed by atoms with Crippen LogP contribution in [-0.4, -0.2) is 29.9 Å². The van der Waals surface area contributed by atoms with E-state index in [2.05, 4.69) is 0 Å². The minimum Gasteiger partial charge on any atom is -0.341 e. The standard InChI is InChI=1S/C11H20N2O/c12-10-5-2-7-13(11(10)14)8-6-9-3-1-4-9/h9-10H,1-8,12H2. The van der Waals surface area contributed by atoms with Crippen LogP contribution < -0.4 is 5.73 Å². The van der Waals surface area contributed by atoms with E-state index in [9.17, 15) is 4.79 Å². The van der Waals surface area contributed by atoms with Gasteiger partial charge in [-0.1, -0.05) is 19.3 Å². The molecule has 0 bridgehead atoms. The average Bonchev–Trinajstić information content (AvgIpc) is 2.09. The molecule has 1 heterocycles. The summed E-state index contributed by atoms with van der Waals surface area (Å²) in [7, 11) is 0. The van der Waals surface area contributed by atoms with Crippen LogP contribution in [0.1, 0.15) is 38.5 Å². The number of hydrogen-bond donors (Lipinski definition) is 1. The zero-order chi connectivity index (χ0) is 9.97. The molecule has 2 aliphatic rings. The Morgan fingerprint density at radius 2 is 2.07 bits per heavy atom. The number of hydrogen-bond acceptors (Lipinski definition) is 2. The largest absolute Gasteiger partial charge is 0.341 e. The van der Waals surface area contributed by atoms with E-state index in [1.807, 2.05) is 4.90 Å². The lowest BCUT2D eigenvalue weighted by molar-refractivity contribution is -0.135. The van der Waals surface area contributed by atoms with Crippen molar-refractivity contribution >= 4 is 5.91 Å². The lowest BCUT2D eigenvalue weighted by atomic mass is 9.83. The molecule has 0 aromatic rings. The van der Waals surface area contributed by atoms with Gasteiger partial charge in [0.2, 0.25) is 5.91 Å². The molecule has 14 heavy (non-hydrogen) atoms. The smallest absolute Gasteiger partial charge is 0.239 e. The Bertz CT molecular complexity index is 213. The van der Waals surface area contributed by atoms with Crippen LogP contribution >= 0.6 is 0 Å². The highest BCUT2D eigenvalue weighted by Gasteiger charge is 2.26. The summed E-state index contributed by atoms with van der Waals surface area (Å²) in [6.07, 6.45) is 7.27. The van der Waals surface area contributed by atoms with Gasteiger partial charge < -0.3 is 10.6 Å². The van der Waals surface area contributed by atoms with Gasteiger partial charge in [0.25, 0.3) is 0 Å². The van der Waals surface area contributed by atoms with E-state index in [1.54, 1.807) is 0 Å². The van der Waals surface area contributed by atoms with Gasteiger partial charge in [0, 0.05) is 13.1 Å². The summed E-state index contributed by atoms with van der Waals surface area (Å²) < 4.78 is 0. The molecule has 3 heteroatoms. The van der Waals surface area contributed by atoms with Gasteiger partial charge in [-0.25, -0.2) is 0 Å². The van der Waals surface area contributed by atoms with Gasteiger partial charge in [-0.2, -0.15) is 0 Å². The number of nitrogens with two attached hydrogens (primary N) is 1. The Morgan fingerprint density at radius 1 is 1.29 bits per heavy atom. The molecular formula is C11H20N2O. The number of rotatable bonds is 3. The molecule has 1 unspecified atom stereocenters. The van der Waals surface area contributed by atoms with Crippen molar-refractivity contribution in [3.63, 3.8) is 0 Å². The summed E-state index contributed by atoms with van der Waals surface area (Å²) in [5.74, 6) is 1.07. The molecule has 0 spiro atoms. The Hall–Kier alpha value is -0.570. The molecule has 1 aliphatic carbocycles. The second-order valence-electron chi connectivity index (χ2n) is 4.66. The maximum absolute atomic E-state index is 11.6. The summed E-state index contributed by atoms with van der Waals surface area (Å²) >= 11 is 0. The second kappa shape index (κ2) is 4.30. The van der Waals surface area contributed by atoms with E-state index >= 15 is 0 Å². The summed E-state index contributed by atoms with van der Waals surface area (Å²) in [5.41, 5.74) is 5.73. The first kappa shape index (κ1) is 9.97. The normalized spacial score (nSPS) is 29.1. The Labute approximate surface area is 85.6 Å². The fraction of sp³-hybridized carbons (Fsp3) is 0.909. The monoisotopic (exact) mass is 196 g/mol. The molecule has 0 radical (unpaired) electrons. The van der Waals surface area contributed by atoms with E-state index < -0.39 is 0 Å². The zero-order valence-corrected chi connectivity index (χ0v) is 8.74. The fourth-order valence-corrected chi connectivity index (χ4v) is 2.31. The van der Waals surface area contributed by atoms with Crippen LogP contribution in [0.25, 0.3) is 0 Å². The van der Waals surface area contributed by atoms with Gasteiger partial charge in [0.1, 0.15) is 0 Å². The Balaban J connectivity index is 1.75. The van der Waals surface area contributed by atoms with Crippen molar-refractivity contribution in [2.75, 3.05) is 13.1 Å².